The van der Waals surface area contributed by atoms with Crippen molar-refractivity contribution in [2.24, 2.45) is 16.6 Å². The second-order valence-electron chi connectivity index (χ2n) is 6.91. The van der Waals surface area contributed by atoms with Gasteiger partial charge in [-0.2, -0.15) is 0 Å². The Kier molecular flexibility index (Phi) is 4.46. The van der Waals surface area contributed by atoms with E-state index < -0.39 is 27.4 Å². The largest absolute Gasteiger partial charge is 0.386 e. The van der Waals surface area contributed by atoms with E-state index >= 15 is 0 Å². The summed E-state index contributed by atoms with van der Waals surface area (Å²) >= 11 is 0. The predicted octanol–water partition coefficient (Wildman–Crippen LogP) is 2.50. The first-order chi connectivity index (χ1) is 11.3. The third kappa shape index (κ3) is 3.09. The Morgan fingerprint density at radius 3 is 2.71 bits per heavy atom. The van der Waals surface area contributed by atoms with Crippen molar-refractivity contribution in [1.29, 1.82) is 0 Å². The van der Waals surface area contributed by atoms with Crippen LogP contribution < -0.4 is 11.1 Å². The molecule has 0 radical (unpaired) electrons. The second-order valence-corrected chi connectivity index (χ2v) is 8.95. The van der Waals surface area contributed by atoms with Gasteiger partial charge in [0.1, 0.15) is 11.7 Å². The number of carbonyl (C=O) groups excluding carboxylic acids is 1. The zero-order valence-electron chi connectivity index (χ0n) is 13.8. The first-order valence-electron chi connectivity index (χ1n) is 8.11. The van der Waals surface area contributed by atoms with Gasteiger partial charge in [0, 0.05) is 28.0 Å². The summed E-state index contributed by atoms with van der Waals surface area (Å²) in [6, 6.07) is 3.81. The molecule has 5 nitrogen and oxygen atoms in total. The molecule has 1 aromatic carbocycles. The van der Waals surface area contributed by atoms with Crippen molar-refractivity contribution in [2.75, 3.05) is 11.1 Å². The van der Waals surface area contributed by atoms with Gasteiger partial charge in [0.2, 0.25) is 5.91 Å². The molecule has 1 aromatic rings. The molecule has 1 aliphatic carbocycles. The number of hydrogen-bond donors (Lipinski definition) is 2. The van der Waals surface area contributed by atoms with Crippen molar-refractivity contribution in [2.45, 2.75) is 43.9 Å². The maximum Gasteiger partial charge on any atom is 0.227 e. The van der Waals surface area contributed by atoms with Crippen LogP contribution in [0.3, 0.4) is 0 Å². The summed E-state index contributed by atoms with van der Waals surface area (Å²) in [6.45, 7) is 3.54. The summed E-state index contributed by atoms with van der Waals surface area (Å²) in [5.41, 5.74) is 6.78. The fraction of sp³-hybridized carbons (Fsp3) is 0.529. The summed E-state index contributed by atoms with van der Waals surface area (Å²) in [6.07, 6.45) is 2.87. The minimum Gasteiger partial charge on any atom is -0.386 e. The van der Waals surface area contributed by atoms with Gasteiger partial charge < -0.3 is 11.1 Å². The van der Waals surface area contributed by atoms with Crippen LogP contribution in [-0.4, -0.2) is 26.5 Å². The number of aliphatic imine (C=N–C) groups is 1. The first-order valence-corrected chi connectivity index (χ1v) is 9.43. The lowest BCUT2D eigenvalue weighted by atomic mass is 9.85. The van der Waals surface area contributed by atoms with E-state index in [4.69, 9.17) is 5.73 Å². The lowest BCUT2D eigenvalue weighted by Gasteiger charge is -2.31. The number of benzene rings is 1. The topological polar surface area (TPSA) is 84.5 Å². The van der Waals surface area contributed by atoms with Gasteiger partial charge in [0.15, 0.2) is 0 Å². The summed E-state index contributed by atoms with van der Waals surface area (Å²) in [4.78, 5) is 16.4. The number of rotatable bonds is 3. The van der Waals surface area contributed by atoms with Gasteiger partial charge in [-0.15, -0.1) is 0 Å². The fourth-order valence-corrected chi connectivity index (χ4v) is 4.02. The van der Waals surface area contributed by atoms with Gasteiger partial charge in [-0.3, -0.25) is 14.0 Å². The van der Waals surface area contributed by atoms with E-state index in [2.05, 4.69) is 10.3 Å². The Morgan fingerprint density at radius 1 is 1.42 bits per heavy atom. The van der Waals surface area contributed by atoms with Gasteiger partial charge >= 0.3 is 0 Å². The van der Waals surface area contributed by atoms with E-state index in [0.717, 1.165) is 19.3 Å². The van der Waals surface area contributed by atoms with Crippen LogP contribution in [0.1, 0.15) is 44.7 Å². The van der Waals surface area contributed by atoms with E-state index in [-0.39, 0.29) is 23.4 Å². The lowest BCUT2D eigenvalue weighted by molar-refractivity contribution is -0.122. The average Bonchev–Trinajstić information content (AvgIpc) is 2.45. The molecule has 3 rings (SSSR count). The van der Waals surface area contributed by atoms with Crippen LogP contribution in [0.25, 0.3) is 0 Å². The Hall–Kier alpha value is -1.76. The minimum absolute atomic E-state index is 0.0322. The second kappa shape index (κ2) is 6.27. The summed E-state index contributed by atoms with van der Waals surface area (Å²) in [5.74, 6) is 0.0607. The molecule has 2 aliphatic rings. The van der Waals surface area contributed by atoms with Gasteiger partial charge in [-0.1, -0.05) is 6.42 Å². The maximum atomic E-state index is 14.3. The number of nitrogens with one attached hydrogen (secondary N) is 1. The quantitative estimate of drug-likeness (QED) is 0.877. The standard InChI is InChI=1S/C17H22FN3O2S/c1-17(2)16(19)21-14(9-24(17)23)12-8-11(6-7-13(12)18)20-15(22)10-4-3-5-10/h6-8,10,14H,3-5,9H2,1-2H3,(H2,19,21)(H,20,22). The summed E-state index contributed by atoms with van der Waals surface area (Å²) < 4.78 is 25.9. The molecule has 2 unspecified atom stereocenters. The van der Waals surface area contributed by atoms with Gasteiger partial charge in [-0.05, 0) is 44.9 Å². The third-order valence-electron chi connectivity index (χ3n) is 4.89. The van der Waals surface area contributed by atoms with Gasteiger partial charge in [0.25, 0.3) is 0 Å². The third-order valence-corrected chi connectivity index (χ3v) is 6.85. The number of amides is 1. The number of carbonyl (C=O) groups is 1. The van der Waals surface area contributed by atoms with Crippen LogP contribution in [0.4, 0.5) is 10.1 Å². The molecule has 0 bridgehead atoms. The number of nitrogens with zero attached hydrogens (tertiary/aromatic N) is 1. The van der Waals surface area contributed by atoms with E-state index in [1.54, 1.807) is 19.9 Å². The molecule has 1 saturated carbocycles. The molecule has 7 heteroatoms. The van der Waals surface area contributed by atoms with E-state index in [1.165, 1.54) is 12.1 Å². The highest BCUT2D eigenvalue weighted by molar-refractivity contribution is 7.87. The molecular weight excluding hydrogens is 329 g/mol. The van der Waals surface area contributed by atoms with Crippen molar-refractivity contribution in [3.63, 3.8) is 0 Å². The molecule has 1 aliphatic heterocycles. The molecule has 3 N–H and O–H groups in total. The highest BCUT2D eigenvalue weighted by Crippen LogP contribution is 2.33. The number of hydrogen-bond acceptors (Lipinski definition) is 4. The van der Waals surface area contributed by atoms with Crippen molar-refractivity contribution >= 4 is 28.2 Å². The number of anilines is 1. The first kappa shape index (κ1) is 17.1. The normalized spacial score (nSPS) is 26.4. The average molecular weight is 351 g/mol. The zero-order chi connectivity index (χ0) is 17.5. The maximum absolute atomic E-state index is 14.3. The van der Waals surface area contributed by atoms with Gasteiger partial charge in [0.05, 0.1) is 16.5 Å². The zero-order valence-corrected chi connectivity index (χ0v) is 14.7. The lowest BCUT2D eigenvalue weighted by Crippen LogP contribution is -2.47. The molecule has 24 heavy (non-hydrogen) atoms. The molecule has 0 spiro atoms. The fourth-order valence-electron chi connectivity index (χ4n) is 2.78. The predicted molar refractivity (Wildman–Crippen MR) is 93.8 cm³/mol. The SMILES string of the molecule is CC1(C)C(N)=NC(c2cc(NC(=O)C3CCC3)ccc2F)CS1=O. The van der Waals surface area contributed by atoms with Crippen molar-refractivity contribution in [3.8, 4) is 0 Å². The molecule has 1 amide bonds. The highest BCUT2D eigenvalue weighted by Gasteiger charge is 2.37. The Bertz CT molecular complexity index is 729. The highest BCUT2D eigenvalue weighted by atomic mass is 32.2. The Labute approximate surface area is 143 Å². The van der Waals surface area contributed by atoms with Crippen LogP contribution in [0, 0.1) is 11.7 Å². The van der Waals surface area contributed by atoms with Crippen LogP contribution >= 0.6 is 0 Å². The molecule has 1 fully saturated rings. The molecule has 0 aromatic heterocycles. The van der Waals surface area contributed by atoms with E-state index in [1.807, 2.05) is 0 Å². The smallest absolute Gasteiger partial charge is 0.227 e. The minimum atomic E-state index is -1.25. The van der Waals surface area contributed by atoms with E-state index in [0.29, 0.717) is 11.3 Å². The number of amidine groups is 1. The summed E-state index contributed by atoms with van der Waals surface area (Å²) in [7, 11) is -1.25. The van der Waals surface area contributed by atoms with Crippen molar-refractivity contribution < 1.29 is 13.4 Å². The van der Waals surface area contributed by atoms with Crippen molar-refractivity contribution in [3.05, 3.63) is 29.6 Å². The molecule has 130 valence electrons. The van der Waals surface area contributed by atoms with Crippen LogP contribution in [-0.2, 0) is 15.6 Å². The van der Waals surface area contributed by atoms with Crippen LogP contribution in [0.2, 0.25) is 0 Å². The Morgan fingerprint density at radius 2 is 2.12 bits per heavy atom. The van der Waals surface area contributed by atoms with Crippen LogP contribution in [0.15, 0.2) is 23.2 Å². The van der Waals surface area contributed by atoms with Crippen molar-refractivity contribution in [1.82, 2.24) is 0 Å². The number of nitrogens with two attached hydrogens (primary N) is 1. The molecule has 2 atom stereocenters. The van der Waals surface area contributed by atoms with Gasteiger partial charge in [-0.25, -0.2) is 4.39 Å². The molecular formula is C17H22FN3O2S. The summed E-state index contributed by atoms with van der Waals surface area (Å²) in [5, 5.41) is 2.83. The molecule has 0 saturated heterocycles. The van der Waals surface area contributed by atoms with Crippen LogP contribution in [0.5, 0.6) is 0 Å². The number of halogens is 1. The van der Waals surface area contributed by atoms with E-state index in [9.17, 15) is 13.4 Å². The Balaban J connectivity index is 1.85. The monoisotopic (exact) mass is 351 g/mol. The molecule has 1 heterocycles.